The highest BCUT2D eigenvalue weighted by molar-refractivity contribution is 8.03. The lowest BCUT2D eigenvalue weighted by Crippen LogP contribution is -2.24. The zero-order valence-electron chi connectivity index (χ0n) is 15.8. The molecule has 0 bridgehead atoms. The van der Waals surface area contributed by atoms with Crippen molar-refractivity contribution >= 4 is 40.9 Å². The third-order valence-electron chi connectivity index (χ3n) is 4.71. The molecular formula is C22H21N3O2S. The first kappa shape index (κ1) is 18.4. The van der Waals surface area contributed by atoms with Gasteiger partial charge in [-0.2, -0.15) is 0 Å². The quantitative estimate of drug-likeness (QED) is 0.627. The highest BCUT2D eigenvalue weighted by atomic mass is 32.2. The van der Waals surface area contributed by atoms with Crippen molar-refractivity contribution in [2.45, 2.75) is 0 Å². The smallest absolute Gasteiger partial charge is 0.251 e. The van der Waals surface area contributed by atoms with Crippen molar-refractivity contribution in [3.63, 3.8) is 0 Å². The molecule has 1 aliphatic rings. The van der Waals surface area contributed by atoms with E-state index in [1.807, 2.05) is 72.6 Å². The molecule has 0 spiro atoms. The molecule has 4 rings (SSSR count). The summed E-state index contributed by atoms with van der Waals surface area (Å²) in [7, 11) is 3.63. The molecule has 1 aliphatic heterocycles. The first-order chi connectivity index (χ1) is 13.7. The number of benzene rings is 2. The first-order valence-corrected chi connectivity index (χ1v) is 10.0. The standard InChI is InChI=1S/C22H21N3O2S/c1-24-19-6-4-3-5-18(19)23-20(24)15-22-25(13-14-28-22)21(26)12-9-16-7-10-17(27-2)11-8-16/h3-12,15H,13-14H2,1-2H3/b12-9+,22-15+. The van der Waals surface area contributed by atoms with Gasteiger partial charge in [-0.15, -0.1) is 11.8 Å². The van der Waals surface area contributed by atoms with E-state index in [1.54, 1.807) is 24.9 Å². The first-order valence-electron chi connectivity index (χ1n) is 9.05. The van der Waals surface area contributed by atoms with E-state index in [0.29, 0.717) is 6.54 Å². The van der Waals surface area contributed by atoms with Crippen LogP contribution >= 0.6 is 11.8 Å². The van der Waals surface area contributed by atoms with E-state index in [1.165, 1.54) is 0 Å². The lowest BCUT2D eigenvalue weighted by atomic mass is 10.2. The number of amides is 1. The van der Waals surface area contributed by atoms with E-state index in [0.717, 1.165) is 39.0 Å². The summed E-state index contributed by atoms with van der Waals surface area (Å²) in [5.41, 5.74) is 2.99. The molecule has 1 saturated heterocycles. The maximum atomic E-state index is 12.7. The Morgan fingerprint density at radius 3 is 2.71 bits per heavy atom. The molecule has 0 radical (unpaired) electrons. The number of nitrogens with zero attached hydrogens (tertiary/aromatic N) is 3. The van der Waals surface area contributed by atoms with Crippen LogP contribution in [0.4, 0.5) is 0 Å². The zero-order valence-corrected chi connectivity index (χ0v) is 16.6. The van der Waals surface area contributed by atoms with E-state index < -0.39 is 0 Å². The van der Waals surface area contributed by atoms with Crippen molar-refractivity contribution in [3.05, 3.63) is 71.0 Å². The second kappa shape index (κ2) is 7.94. The molecule has 1 aromatic heterocycles. The van der Waals surface area contributed by atoms with Gasteiger partial charge in [-0.1, -0.05) is 24.3 Å². The third kappa shape index (κ3) is 3.68. The zero-order chi connectivity index (χ0) is 19.5. The van der Waals surface area contributed by atoms with Gasteiger partial charge < -0.3 is 14.2 Å². The van der Waals surface area contributed by atoms with Gasteiger partial charge in [-0.3, -0.25) is 4.79 Å². The predicted molar refractivity (Wildman–Crippen MR) is 115 cm³/mol. The Kier molecular flexibility index (Phi) is 5.21. The fourth-order valence-corrected chi connectivity index (χ4v) is 4.15. The highest BCUT2D eigenvalue weighted by Crippen LogP contribution is 2.30. The molecule has 0 N–H and O–H groups in total. The molecule has 2 aromatic carbocycles. The Morgan fingerprint density at radius 2 is 1.96 bits per heavy atom. The van der Waals surface area contributed by atoms with Crippen molar-refractivity contribution in [2.75, 3.05) is 19.4 Å². The van der Waals surface area contributed by atoms with Crippen LogP contribution in [0, 0.1) is 0 Å². The van der Waals surface area contributed by atoms with E-state index in [-0.39, 0.29) is 5.91 Å². The lowest BCUT2D eigenvalue weighted by molar-refractivity contribution is -0.123. The second-order valence-electron chi connectivity index (χ2n) is 6.45. The van der Waals surface area contributed by atoms with Gasteiger partial charge in [0.1, 0.15) is 11.6 Å². The van der Waals surface area contributed by atoms with E-state index in [2.05, 4.69) is 9.55 Å². The minimum Gasteiger partial charge on any atom is -0.497 e. The number of para-hydroxylation sites is 2. The van der Waals surface area contributed by atoms with Crippen molar-refractivity contribution in [3.8, 4) is 5.75 Å². The van der Waals surface area contributed by atoms with Gasteiger partial charge in [0.2, 0.25) is 0 Å². The van der Waals surface area contributed by atoms with Crippen LogP contribution in [-0.2, 0) is 11.8 Å². The number of aryl methyl sites for hydroxylation is 1. The Balaban J connectivity index is 1.55. The van der Waals surface area contributed by atoms with Crippen LogP contribution in [0.15, 0.2) is 59.6 Å². The van der Waals surface area contributed by atoms with E-state index >= 15 is 0 Å². The molecule has 2 heterocycles. The summed E-state index contributed by atoms with van der Waals surface area (Å²) in [4.78, 5) is 19.2. The van der Waals surface area contributed by atoms with Crippen LogP contribution in [0.3, 0.4) is 0 Å². The van der Waals surface area contributed by atoms with Gasteiger partial charge in [0.05, 0.1) is 23.2 Å². The van der Waals surface area contributed by atoms with Crippen LogP contribution in [0.25, 0.3) is 23.2 Å². The minimum absolute atomic E-state index is 0.0224. The highest BCUT2D eigenvalue weighted by Gasteiger charge is 2.23. The average Bonchev–Trinajstić information content (AvgIpc) is 3.32. The van der Waals surface area contributed by atoms with Crippen LogP contribution in [0.5, 0.6) is 5.75 Å². The monoisotopic (exact) mass is 391 g/mol. The topological polar surface area (TPSA) is 47.4 Å². The fourth-order valence-electron chi connectivity index (χ4n) is 3.14. The summed E-state index contributed by atoms with van der Waals surface area (Å²) in [6.45, 7) is 0.701. The number of ether oxygens (including phenoxy) is 1. The molecule has 0 aliphatic carbocycles. The number of fused-ring (bicyclic) bond motifs is 1. The van der Waals surface area contributed by atoms with Gasteiger partial charge in [0, 0.05) is 31.5 Å². The molecule has 3 aromatic rings. The molecule has 28 heavy (non-hydrogen) atoms. The summed E-state index contributed by atoms with van der Waals surface area (Å²) in [5.74, 6) is 2.51. The maximum absolute atomic E-state index is 12.7. The van der Waals surface area contributed by atoms with Crippen LogP contribution < -0.4 is 4.74 Å². The Morgan fingerprint density at radius 1 is 1.18 bits per heavy atom. The van der Waals surface area contributed by atoms with E-state index in [4.69, 9.17) is 4.74 Å². The van der Waals surface area contributed by atoms with Gasteiger partial charge in [0.25, 0.3) is 5.91 Å². The van der Waals surface area contributed by atoms with E-state index in [9.17, 15) is 4.79 Å². The number of methoxy groups -OCH3 is 1. The average molecular weight is 391 g/mol. The predicted octanol–water partition coefficient (Wildman–Crippen LogP) is 4.17. The summed E-state index contributed by atoms with van der Waals surface area (Å²) in [5, 5.41) is 0.933. The van der Waals surface area contributed by atoms with Crippen LogP contribution in [0.2, 0.25) is 0 Å². The molecular weight excluding hydrogens is 370 g/mol. The normalized spacial score (nSPS) is 15.8. The summed E-state index contributed by atoms with van der Waals surface area (Å²) >= 11 is 1.68. The van der Waals surface area contributed by atoms with Crippen molar-refractivity contribution < 1.29 is 9.53 Å². The van der Waals surface area contributed by atoms with Gasteiger partial charge in [-0.25, -0.2) is 4.98 Å². The van der Waals surface area contributed by atoms with Crippen molar-refractivity contribution in [2.24, 2.45) is 7.05 Å². The minimum atomic E-state index is -0.0224. The molecule has 1 fully saturated rings. The summed E-state index contributed by atoms with van der Waals surface area (Å²) in [6.07, 6.45) is 5.45. The largest absolute Gasteiger partial charge is 0.497 e. The van der Waals surface area contributed by atoms with Crippen molar-refractivity contribution in [1.82, 2.24) is 14.5 Å². The van der Waals surface area contributed by atoms with Crippen LogP contribution in [0.1, 0.15) is 11.4 Å². The molecule has 6 heteroatoms. The van der Waals surface area contributed by atoms with Gasteiger partial charge >= 0.3 is 0 Å². The number of thioether (sulfide) groups is 1. The number of aromatic nitrogens is 2. The number of imidazole rings is 1. The third-order valence-corrected chi connectivity index (χ3v) is 5.73. The maximum Gasteiger partial charge on any atom is 0.251 e. The number of rotatable bonds is 4. The second-order valence-corrected chi connectivity index (χ2v) is 7.56. The fraction of sp³-hybridized carbons (Fsp3) is 0.182. The number of carbonyl (C=O) groups excluding carboxylic acids is 1. The molecule has 1 amide bonds. The number of hydrogen-bond donors (Lipinski definition) is 0. The molecule has 0 saturated carbocycles. The van der Waals surface area contributed by atoms with Gasteiger partial charge in [0.15, 0.2) is 0 Å². The molecule has 0 atom stereocenters. The Hall–Kier alpha value is -2.99. The van der Waals surface area contributed by atoms with Gasteiger partial charge in [-0.05, 0) is 35.9 Å². The lowest BCUT2D eigenvalue weighted by Gasteiger charge is -2.14. The molecule has 5 nitrogen and oxygen atoms in total. The number of carbonyl (C=O) groups is 1. The summed E-state index contributed by atoms with van der Waals surface area (Å²) in [6, 6.07) is 15.7. The van der Waals surface area contributed by atoms with Crippen molar-refractivity contribution in [1.29, 1.82) is 0 Å². The molecule has 142 valence electrons. The Labute approximate surface area is 168 Å². The molecule has 0 unspecified atom stereocenters. The Bertz CT molecular complexity index is 1070. The number of hydrogen-bond acceptors (Lipinski definition) is 4. The summed E-state index contributed by atoms with van der Waals surface area (Å²) < 4.78 is 7.21. The van der Waals surface area contributed by atoms with Crippen LogP contribution in [-0.4, -0.2) is 39.8 Å². The SMILES string of the molecule is COc1ccc(/C=C/C(=O)N2CCS/C2=C/c2nc3ccccc3n2C)cc1.